The van der Waals surface area contributed by atoms with Crippen molar-refractivity contribution in [3.63, 3.8) is 0 Å². The fourth-order valence-corrected chi connectivity index (χ4v) is 1.71. The van der Waals surface area contributed by atoms with Gasteiger partial charge in [-0.3, -0.25) is 10.1 Å². The van der Waals surface area contributed by atoms with Crippen molar-refractivity contribution in [3.05, 3.63) is 46.0 Å². The number of aliphatic hydroxyl groups is 1. The average molecular weight is 223 g/mol. The Morgan fingerprint density at radius 1 is 1.38 bits per heavy atom. The summed E-state index contributed by atoms with van der Waals surface area (Å²) in [5.74, 6) is 0. The molecule has 0 spiro atoms. The second-order valence-corrected chi connectivity index (χ2v) is 3.85. The monoisotopic (exact) mass is 223 g/mol. The molecule has 0 aliphatic carbocycles. The van der Waals surface area contributed by atoms with Crippen LogP contribution in [0.25, 0.3) is 0 Å². The van der Waals surface area contributed by atoms with Crippen LogP contribution in [0.15, 0.2) is 30.3 Å². The van der Waals surface area contributed by atoms with E-state index >= 15 is 0 Å². The summed E-state index contributed by atoms with van der Waals surface area (Å²) >= 11 is 0. The largest absolute Gasteiger partial charge is 0.386 e. The van der Waals surface area contributed by atoms with Crippen molar-refractivity contribution in [3.8, 4) is 0 Å². The number of rotatable bonds is 6. The molecule has 4 nitrogen and oxygen atoms in total. The van der Waals surface area contributed by atoms with Crippen molar-refractivity contribution < 1.29 is 10.0 Å². The van der Waals surface area contributed by atoms with E-state index in [4.69, 9.17) is 0 Å². The minimum atomic E-state index is -0.861. The first-order valence-corrected chi connectivity index (χ1v) is 5.50. The third-order valence-electron chi connectivity index (χ3n) is 2.70. The lowest BCUT2D eigenvalue weighted by Crippen LogP contribution is -2.33. The van der Waals surface area contributed by atoms with Crippen LogP contribution in [0, 0.1) is 10.1 Å². The van der Waals surface area contributed by atoms with Gasteiger partial charge in [0.2, 0.25) is 6.04 Å². The molecule has 0 saturated heterocycles. The standard InChI is InChI=1S/C12H17NO3/c1-2-11(13(15)16)12(14)9-8-10-6-4-3-5-7-10/h3-7,11-12,14H,2,8-9H2,1H3/t11-,12-/m0/s1. The lowest BCUT2D eigenvalue weighted by Gasteiger charge is -2.14. The van der Waals surface area contributed by atoms with Crippen molar-refractivity contribution in [2.45, 2.75) is 38.3 Å². The van der Waals surface area contributed by atoms with Crippen LogP contribution in [0.2, 0.25) is 0 Å². The lowest BCUT2D eigenvalue weighted by molar-refractivity contribution is -0.534. The summed E-state index contributed by atoms with van der Waals surface area (Å²) in [5.41, 5.74) is 1.10. The smallest absolute Gasteiger partial charge is 0.238 e. The van der Waals surface area contributed by atoms with Gasteiger partial charge in [0.05, 0.1) is 0 Å². The highest BCUT2D eigenvalue weighted by Crippen LogP contribution is 2.11. The van der Waals surface area contributed by atoms with Gasteiger partial charge >= 0.3 is 0 Å². The fraction of sp³-hybridized carbons (Fsp3) is 0.500. The zero-order valence-electron chi connectivity index (χ0n) is 9.37. The quantitative estimate of drug-likeness (QED) is 0.593. The van der Waals surface area contributed by atoms with Crippen LogP contribution in [0.3, 0.4) is 0 Å². The highest BCUT2D eigenvalue weighted by Gasteiger charge is 2.27. The topological polar surface area (TPSA) is 63.4 Å². The molecule has 2 atom stereocenters. The number of nitrogens with zero attached hydrogens (tertiary/aromatic N) is 1. The predicted octanol–water partition coefficient (Wildman–Crippen LogP) is 2.04. The Kier molecular flexibility index (Phi) is 4.92. The van der Waals surface area contributed by atoms with Crippen molar-refractivity contribution >= 4 is 0 Å². The van der Waals surface area contributed by atoms with E-state index in [1.54, 1.807) is 6.92 Å². The minimum absolute atomic E-state index is 0.364. The molecule has 1 aromatic rings. The zero-order valence-corrected chi connectivity index (χ0v) is 9.37. The van der Waals surface area contributed by atoms with Gasteiger partial charge in [-0.15, -0.1) is 0 Å². The Labute approximate surface area is 95.1 Å². The molecule has 4 heteroatoms. The van der Waals surface area contributed by atoms with E-state index in [0.717, 1.165) is 5.56 Å². The van der Waals surface area contributed by atoms with Crippen molar-refractivity contribution in [2.75, 3.05) is 0 Å². The predicted molar refractivity (Wildman–Crippen MR) is 61.8 cm³/mol. The molecule has 1 rings (SSSR count). The minimum Gasteiger partial charge on any atom is -0.386 e. The molecule has 1 aromatic carbocycles. The average Bonchev–Trinajstić information content (AvgIpc) is 2.28. The Hall–Kier alpha value is -1.42. The highest BCUT2D eigenvalue weighted by molar-refractivity contribution is 5.14. The van der Waals surface area contributed by atoms with Gasteiger partial charge in [-0.1, -0.05) is 37.3 Å². The van der Waals surface area contributed by atoms with Crippen molar-refractivity contribution in [1.82, 2.24) is 0 Å². The van der Waals surface area contributed by atoms with E-state index in [9.17, 15) is 15.2 Å². The van der Waals surface area contributed by atoms with Gasteiger partial charge in [0.15, 0.2) is 0 Å². The zero-order chi connectivity index (χ0) is 12.0. The van der Waals surface area contributed by atoms with Gasteiger partial charge in [-0.25, -0.2) is 0 Å². The van der Waals surface area contributed by atoms with E-state index in [1.165, 1.54) is 0 Å². The highest BCUT2D eigenvalue weighted by atomic mass is 16.6. The first-order valence-electron chi connectivity index (χ1n) is 5.50. The molecule has 0 aliphatic heterocycles. The molecule has 0 radical (unpaired) electrons. The van der Waals surface area contributed by atoms with Gasteiger partial charge < -0.3 is 5.11 Å². The van der Waals surface area contributed by atoms with Crippen LogP contribution >= 0.6 is 0 Å². The van der Waals surface area contributed by atoms with Gasteiger partial charge in [0.25, 0.3) is 0 Å². The van der Waals surface area contributed by atoms with Crippen LogP contribution in [0.5, 0.6) is 0 Å². The number of hydrogen-bond donors (Lipinski definition) is 1. The molecule has 0 aliphatic rings. The molecule has 0 amide bonds. The van der Waals surface area contributed by atoms with E-state index in [1.807, 2.05) is 30.3 Å². The number of benzene rings is 1. The van der Waals surface area contributed by atoms with Crippen molar-refractivity contribution in [2.24, 2.45) is 0 Å². The lowest BCUT2D eigenvalue weighted by atomic mass is 10.0. The molecular weight excluding hydrogens is 206 g/mol. The molecule has 0 heterocycles. The molecule has 0 aromatic heterocycles. The van der Waals surface area contributed by atoms with Crippen LogP contribution in [0.4, 0.5) is 0 Å². The molecule has 1 N–H and O–H groups in total. The number of aliphatic hydroxyl groups excluding tert-OH is 1. The van der Waals surface area contributed by atoms with Crippen molar-refractivity contribution in [1.29, 1.82) is 0 Å². The fourth-order valence-electron chi connectivity index (χ4n) is 1.71. The van der Waals surface area contributed by atoms with Gasteiger partial charge in [-0.05, 0) is 18.4 Å². The SMILES string of the molecule is CC[C@@H]([C@@H](O)CCc1ccccc1)[N+](=O)[O-]. The summed E-state index contributed by atoms with van der Waals surface area (Å²) in [6, 6.07) is 8.84. The summed E-state index contributed by atoms with van der Waals surface area (Å²) in [6.45, 7) is 1.72. The van der Waals surface area contributed by atoms with E-state index in [0.29, 0.717) is 19.3 Å². The molecule has 16 heavy (non-hydrogen) atoms. The first-order chi connectivity index (χ1) is 7.65. The van der Waals surface area contributed by atoms with Gasteiger partial charge in [0, 0.05) is 11.3 Å². The summed E-state index contributed by atoms with van der Waals surface area (Å²) < 4.78 is 0. The molecule has 0 unspecified atom stereocenters. The molecule has 88 valence electrons. The van der Waals surface area contributed by atoms with Gasteiger partial charge in [0.1, 0.15) is 6.10 Å². The van der Waals surface area contributed by atoms with E-state index in [-0.39, 0.29) is 0 Å². The normalized spacial score (nSPS) is 14.4. The molecule has 0 saturated carbocycles. The Morgan fingerprint density at radius 2 is 2.00 bits per heavy atom. The van der Waals surface area contributed by atoms with Crippen LogP contribution < -0.4 is 0 Å². The number of hydrogen-bond acceptors (Lipinski definition) is 3. The number of nitro groups is 1. The van der Waals surface area contributed by atoms with Gasteiger partial charge in [-0.2, -0.15) is 0 Å². The Balaban J connectivity index is 2.46. The second kappa shape index (κ2) is 6.23. The van der Waals surface area contributed by atoms with E-state index < -0.39 is 17.1 Å². The summed E-state index contributed by atoms with van der Waals surface area (Å²) in [6.07, 6.45) is 0.610. The van der Waals surface area contributed by atoms with E-state index in [2.05, 4.69) is 0 Å². The summed E-state index contributed by atoms with van der Waals surface area (Å²) in [4.78, 5) is 10.2. The maximum atomic E-state index is 10.6. The third-order valence-corrected chi connectivity index (χ3v) is 2.70. The molecule has 0 fully saturated rings. The van der Waals surface area contributed by atoms with Crippen LogP contribution in [0.1, 0.15) is 25.3 Å². The Morgan fingerprint density at radius 3 is 2.50 bits per heavy atom. The molecular formula is C12H17NO3. The summed E-state index contributed by atoms with van der Waals surface area (Å²) in [5, 5.41) is 20.3. The number of aryl methyl sites for hydroxylation is 1. The maximum absolute atomic E-state index is 10.6. The first kappa shape index (κ1) is 12.6. The third kappa shape index (κ3) is 3.62. The molecule has 0 bridgehead atoms. The summed E-state index contributed by atoms with van der Waals surface area (Å²) in [7, 11) is 0. The second-order valence-electron chi connectivity index (χ2n) is 3.85. The van der Waals surface area contributed by atoms with Crippen LogP contribution in [-0.2, 0) is 6.42 Å². The maximum Gasteiger partial charge on any atom is 0.238 e. The Bertz CT molecular complexity index is 326. The van der Waals surface area contributed by atoms with Crippen LogP contribution in [-0.4, -0.2) is 22.2 Å².